The minimum absolute atomic E-state index is 0.0963. The van der Waals surface area contributed by atoms with Crippen LogP contribution in [0.1, 0.15) is 13.3 Å². The number of carbonyl (C=O) groups excluding carboxylic acids is 4. The molecule has 98 valence electrons. The molecule has 0 aromatic carbocycles. The number of nitrogens with zero attached hydrogens (tertiary/aromatic N) is 1. The summed E-state index contributed by atoms with van der Waals surface area (Å²) in [7, 11) is 0. The number of rotatable bonds is 2. The number of urea groups is 1. The van der Waals surface area contributed by atoms with E-state index in [1.54, 1.807) is 0 Å². The van der Waals surface area contributed by atoms with Gasteiger partial charge < -0.3 is 15.5 Å². The average molecular weight is 254 g/mol. The van der Waals surface area contributed by atoms with Crippen LogP contribution in [-0.4, -0.2) is 53.8 Å². The van der Waals surface area contributed by atoms with Crippen LogP contribution in [0.2, 0.25) is 0 Å². The van der Waals surface area contributed by atoms with E-state index >= 15 is 0 Å². The number of nitrogens with one attached hydrogen (secondary N) is 3. The van der Waals surface area contributed by atoms with Crippen molar-refractivity contribution in [3.05, 3.63) is 0 Å². The van der Waals surface area contributed by atoms with Gasteiger partial charge in [-0.15, -0.1) is 0 Å². The zero-order valence-corrected chi connectivity index (χ0v) is 9.91. The largest absolute Gasteiger partial charge is 0.347 e. The Bertz CT molecular complexity index is 436. The lowest BCUT2D eigenvalue weighted by molar-refractivity contribution is -0.132. The summed E-state index contributed by atoms with van der Waals surface area (Å²) in [6, 6.07) is -0.531. The lowest BCUT2D eigenvalue weighted by Crippen LogP contribution is -2.50. The minimum Gasteiger partial charge on any atom is -0.347 e. The van der Waals surface area contributed by atoms with Gasteiger partial charge in [0.05, 0.1) is 13.1 Å². The summed E-state index contributed by atoms with van der Waals surface area (Å²) in [5.74, 6) is -0.956. The Morgan fingerprint density at radius 3 is 2.72 bits per heavy atom. The van der Waals surface area contributed by atoms with Crippen molar-refractivity contribution in [2.45, 2.75) is 18.9 Å². The number of likely N-dealkylation sites (tertiary alicyclic amines) is 1. The standard InChI is InChI=1S/C10H14N4O4/c1-6(15)11-4-7(16)14-3-2-10(5-14)8(17)12-9(18)13-10/h2-5H2,1H3,(H,11,15)(H2,12,13,17,18). The zero-order valence-electron chi connectivity index (χ0n) is 9.91. The Labute approximate surface area is 103 Å². The maximum Gasteiger partial charge on any atom is 0.322 e. The van der Waals surface area contributed by atoms with Gasteiger partial charge in [0.15, 0.2) is 0 Å². The first-order valence-corrected chi connectivity index (χ1v) is 5.59. The molecule has 2 saturated heterocycles. The van der Waals surface area contributed by atoms with E-state index in [2.05, 4.69) is 16.0 Å². The van der Waals surface area contributed by atoms with Gasteiger partial charge in [-0.2, -0.15) is 0 Å². The highest BCUT2D eigenvalue weighted by atomic mass is 16.2. The average Bonchev–Trinajstić information content (AvgIpc) is 2.81. The molecule has 2 fully saturated rings. The summed E-state index contributed by atoms with van der Waals surface area (Å²) in [5.41, 5.74) is -0.997. The molecule has 3 N–H and O–H groups in total. The van der Waals surface area contributed by atoms with Crippen LogP contribution in [0.15, 0.2) is 0 Å². The number of hydrogen-bond donors (Lipinski definition) is 3. The molecule has 0 saturated carbocycles. The van der Waals surface area contributed by atoms with E-state index in [0.717, 1.165) is 0 Å². The Morgan fingerprint density at radius 1 is 1.44 bits per heavy atom. The third kappa shape index (κ3) is 2.13. The fourth-order valence-electron chi connectivity index (χ4n) is 2.15. The molecule has 8 heteroatoms. The van der Waals surface area contributed by atoms with Gasteiger partial charge in [-0.1, -0.05) is 0 Å². The molecule has 1 unspecified atom stereocenters. The SMILES string of the molecule is CC(=O)NCC(=O)N1CCC2(C1)NC(=O)NC2=O. The van der Waals surface area contributed by atoms with Crippen LogP contribution < -0.4 is 16.0 Å². The second-order valence-electron chi connectivity index (χ2n) is 4.47. The third-order valence-corrected chi connectivity index (χ3v) is 3.13. The van der Waals surface area contributed by atoms with Gasteiger partial charge in [0.25, 0.3) is 5.91 Å². The van der Waals surface area contributed by atoms with E-state index < -0.39 is 17.5 Å². The van der Waals surface area contributed by atoms with Crippen molar-refractivity contribution in [3.8, 4) is 0 Å². The Hall–Kier alpha value is -2.12. The van der Waals surface area contributed by atoms with Crippen LogP contribution in [0.3, 0.4) is 0 Å². The highest BCUT2D eigenvalue weighted by Gasteiger charge is 2.51. The van der Waals surface area contributed by atoms with Crippen LogP contribution in [0.5, 0.6) is 0 Å². The van der Waals surface area contributed by atoms with E-state index in [1.807, 2.05) is 0 Å². The fraction of sp³-hybridized carbons (Fsp3) is 0.600. The molecule has 0 aromatic rings. The van der Waals surface area contributed by atoms with Crippen molar-refractivity contribution in [1.82, 2.24) is 20.9 Å². The van der Waals surface area contributed by atoms with Crippen LogP contribution in [-0.2, 0) is 14.4 Å². The Kier molecular flexibility index (Phi) is 2.93. The lowest BCUT2D eigenvalue weighted by atomic mass is 10.00. The van der Waals surface area contributed by atoms with Gasteiger partial charge in [0, 0.05) is 13.5 Å². The number of carbonyl (C=O) groups is 4. The molecule has 1 spiro atoms. The van der Waals surface area contributed by atoms with E-state index in [-0.39, 0.29) is 24.9 Å². The first-order valence-electron chi connectivity index (χ1n) is 5.59. The first kappa shape index (κ1) is 12.3. The smallest absolute Gasteiger partial charge is 0.322 e. The van der Waals surface area contributed by atoms with E-state index in [4.69, 9.17) is 0 Å². The summed E-state index contributed by atoms with van der Waals surface area (Å²) in [6.07, 6.45) is 0.385. The van der Waals surface area contributed by atoms with Crippen LogP contribution >= 0.6 is 0 Å². The van der Waals surface area contributed by atoms with E-state index in [0.29, 0.717) is 13.0 Å². The van der Waals surface area contributed by atoms with Crippen LogP contribution in [0.4, 0.5) is 4.79 Å². The summed E-state index contributed by atoms with van der Waals surface area (Å²) in [4.78, 5) is 46.7. The lowest BCUT2D eigenvalue weighted by Gasteiger charge is -2.21. The predicted octanol–water partition coefficient (Wildman–Crippen LogP) is -2.07. The maximum atomic E-state index is 11.7. The molecule has 5 amide bonds. The third-order valence-electron chi connectivity index (χ3n) is 3.13. The summed E-state index contributed by atoms with van der Waals surface area (Å²) >= 11 is 0. The topological polar surface area (TPSA) is 108 Å². The van der Waals surface area contributed by atoms with Crippen LogP contribution in [0.25, 0.3) is 0 Å². The van der Waals surface area contributed by atoms with Crippen molar-refractivity contribution in [1.29, 1.82) is 0 Å². The molecule has 0 aliphatic carbocycles. The Morgan fingerprint density at radius 2 is 2.17 bits per heavy atom. The molecule has 8 nitrogen and oxygen atoms in total. The van der Waals surface area contributed by atoms with Gasteiger partial charge in [0.1, 0.15) is 5.54 Å². The number of amides is 5. The highest BCUT2D eigenvalue weighted by molar-refractivity contribution is 6.07. The highest BCUT2D eigenvalue weighted by Crippen LogP contribution is 2.24. The van der Waals surface area contributed by atoms with E-state index in [9.17, 15) is 19.2 Å². The Balaban J connectivity index is 1.96. The van der Waals surface area contributed by atoms with Crippen molar-refractivity contribution in [2.24, 2.45) is 0 Å². The monoisotopic (exact) mass is 254 g/mol. The maximum absolute atomic E-state index is 11.7. The van der Waals surface area contributed by atoms with Crippen LogP contribution in [0, 0.1) is 0 Å². The second kappa shape index (κ2) is 4.28. The molecular formula is C10H14N4O4. The number of imide groups is 1. The molecular weight excluding hydrogens is 240 g/mol. The second-order valence-corrected chi connectivity index (χ2v) is 4.47. The molecule has 2 aliphatic rings. The van der Waals surface area contributed by atoms with Gasteiger partial charge >= 0.3 is 6.03 Å². The molecule has 0 bridgehead atoms. The summed E-state index contributed by atoms with van der Waals surface area (Å²) in [6.45, 7) is 1.75. The minimum atomic E-state index is -0.997. The summed E-state index contributed by atoms with van der Waals surface area (Å²) < 4.78 is 0. The van der Waals surface area contributed by atoms with Crippen molar-refractivity contribution in [2.75, 3.05) is 19.6 Å². The van der Waals surface area contributed by atoms with Crippen molar-refractivity contribution >= 4 is 23.8 Å². The molecule has 0 radical (unpaired) electrons. The molecule has 0 aromatic heterocycles. The van der Waals surface area contributed by atoms with Gasteiger partial charge in [-0.3, -0.25) is 19.7 Å². The van der Waals surface area contributed by atoms with Gasteiger partial charge in [-0.25, -0.2) is 4.79 Å². The fourth-order valence-corrected chi connectivity index (χ4v) is 2.15. The summed E-state index contributed by atoms with van der Waals surface area (Å²) in [5, 5.41) is 7.11. The van der Waals surface area contributed by atoms with Gasteiger partial charge in [-0.05, 0) is 6.42 Å². The zero-order chi connectivity index (χ0) is 13.3. The normalized spacial score (nSPS) is 26.2. The number of hydrogen-bond acceptors (Lipinski definition) is 4. The molecule has 2 heterocycles. The molecule has 2 rings (SSSR count). The molecule has 2 aliphatic heterocycles. The quantitative estimate of drug-likeness (QED) is 0.492. The molecule has 1 atom stereocenters. The van der Waals surface area contributed by atoms with E-state index in [1.165, 1.54) is 11.8 Å². The predicted molar refractivity (Wildman–Crippen MR) is 59.3 cm³/mol. The van der Waals surface area contributed by atoms with Crippen molar-refractivity contribution in [3.63, 3.8) is 0 Å². The molecule has 18 heavy (non-hydrogen) atoms. The van der Waals surface area contributed by atoms with Crippen molar-refractivity contribution < 1.29 is 19.2 Å². The first-order chi connectivity index (χ1) is 8.43. The van der Waals surface area contributed by atoms with Gasteiger partial charge in [0.2, 0.25) is 11.8 Å².